The third-order valence-electron chi connectivity index (χ3n) is 8.19. The molecule has 0 radical (unpaired) electrons. The monoisotopic (exact) mass is 534 g/mol. The number of nitrogens with zero attached hydrogens (tertiary/aromatic N) is 4. The van der Waals surface area contributed by atoms with Gasteiger partial charge < -0.3 is 9.13 Å². The van der Waals surface area contributed by atoms with Crippen LogP contribution in [0.15, 0.2) is 133 Å². The van der Waals surface area contributed by atoms with E-state index < -0.39 is 0 Å². The molecule has 0 amide bonds. The first-order valence-electron chi connectivity index (χ1n) is 13.8. The maximum Gasteiger partial charge on any atom is 0.0991 e. The Hall–Kier alpha value is -6.10. The van der Waals surface area contributed by atoms with Crippen molar-refractivity contribution in [3.05, 3.63) is 145 Å². The minimum Gasteiger partial charge on any atom is -0.309 e. The van der Waals surface area contributed by atoms with Gasteiger partial charge in [0.2, 0.25) is 0 Å². The Morgan fingerprint density at radius 1 is 0.429 bits per heavy atom. The van der Waals surface area contributed by atoms with E-state index in [0.717, 1.165) is 39.0 Å². The lowest BCUT2D eigenvalue weighted by Gasteiger charge is -2.10. The maximum atomic E-state index is 9.32. The van der Waals surface area contributed by atoms with Gasteiger partial charge in [-0.25, -0.2) is 0 Å². The van der Waals surface area contributed by atoms with Crippen molar-refractivity contribution in [2.75, 3.05) is 0 Å². The highest BCUT2D eigenvalue weighted by Crippen LogP contribution is 2.41. The zero-order valence-corrected chi connectivity index (χ0v) is 22.5. The molecule has 0 unspecified atom stereocenters. The van der Waals surface area contributed by atoms with Crippen LogP contribution in [0.3, 0.4) is 0 Å². The number of para-hydroxylation sites is 2. The minimum atomic E-state index is 0.647. The van der Waals surface area contributed by atoms with E-state index in [9.17, 15) is 10.5 Å². The van der Waals surface area contributed by atoms with Crippen LogP contribution in [-0.2, 0) is 0 Å². The number of rotatable bonds is 3. The molecule has 0 spiro atoms. The predicted molar refractivity (Wildman–Crippen MR) is 170 cm³/mol. The van der Waals surface area contributed by atoms with Crippen LogP contribution < -0.4 is 0 Å². The zero-order valence-electron chi connectivity index (χ0n) is 22.5. The normalized spacial score (nSPS) is 11.3. The van der Waals surface area contributed by atoms with E-state index in [1.807, 2.05) is 48.5 Å². The molecule has 0 aliphatic carbocycles. The molecule has 4 heteroatoms. The molecule has 194 valence electrons. The molecule has 0 N–H and O–H groups in total. The summed E-state index contributed by atoms with van der Waals surface area (Å²) in [7, 11) is 0. The van der Waals surface area contributed by atoms with Crippen LogP contribution in [0.2, 0.25) is 0 Å². The average Bonchev–Trinajstić information content (AvgIpc) is 3.57. The highest BCUT2D eigenvalue weighted by molar-refractivity contribution is 6.17. The van der Waals surface area contributed by atoms with Gasteiger partial charge in [-0.05, 0) is 90.0 Å². The summed E-state index contributed by atoms with van der Waals surface area (Å²) in [4.78, 5) is 0. The first-order valence-corrected chi connectivity index (χ1v) is 13.8. The molecule has 0 saturated heterocycles. The van der Waals surface area contributed by atoms with Crippen LogP contribution >= 0.6 is 0 Å². The van der Waals surface area contributed by atoms with E-state index in [-0.39, 0.29) is 0 Å². The van der Waals surface area contributed by atoms with Gasteiger partial charge in [0.1, 0.15) is 0 Å². The molecule has 0 atom stereocenters. The molecule has 2 aromatic heterocycles. The van der Waals surface area contributed by atoms with Gasteiger partial charge in [0.05, 0.1) is 45.3 Å². The summed E-state index contributed by atoms with van der Waals surface area (Å²) in [5, 5.41) is 23.4. The fourth-order valence-electron chi connectivity index (χ4n) is 6.33. The van der Waals surface area contributed by atoms with Crippen molar-refractivity contribution >= 4 is 43.6 Å². The number of aromatic nitrogens is 2. The lowest BCUT2D eigenvalue weighted by atomic mass is 9.98. The van der Waals surface area contributed by atoms with Gasteiger partial charge in [0.25, 0.3) is 0 Å². The van der Waals surface area contributed by atoms with Crippen LogP contribution in [-0.4, -0.2) is 9.13 Å². The number of benzene rings is 6. The van der Waals surface area contributed by atoms with E-state index in [0.29, 0.717) is 11.1 Å². The molecule has 2 heterocycles. The van der Waals surface area contributed by atoms with Gasteiger partial charge >= 0.3 is 0 Å². The van der Waals surface area contributed by atoms with E-state index >= 15 is 0 Å². The SMILES string of the molecule is N#Cc1ccc(-n2c3ccccc3c3cc(-c4cccc5c4c4ccccc4n5-c4ccc(C#N)cc4)ccc32)cc1. The fourth-order valence-corrected chi connectivity index (χ4v) is 6.33. The van der Waals surface area contributed by atoms with E-state index in [4.69, 9.17) is 0 Å². The molecule has 4 nitrogen and oxygen atoms in total. The second-order valence-corrected chi connectivity index (χ2v) is 10.5. The van der Waals surface area contributed by atoms with Crippen molar-refractivity contribution in [1.82, 2.24) is 9.13 Å². The summed E-state index contributed by atoms with van der Waals surface area (Å²) in [5.41, 5.74) is 10.2. The molecule has 0 fully saturated rings. The Bertz CT molecular complexity index is 2410. The zero-order chi connectivity index (χ0) is 28.2. The Morgan fingerprint density at radius 2 is 0.952 bits per heavy atom. The first kappa shape index (κ1) is 23.8. The second kappa shape index (κ2) is 9.24. The summed E-state index contributed by atoms with van der Waals surface area (Å²) in [6.07, 6.45) is 0. The first-order chi connectivity index (χ1) is 20.7. The van der Waals surface area contributed by atoms with Crippen molar-refractivity contribution in [3.8, 4) is 34.6 Å². The summed E-state index contributed by atoms with van der Waals surface area (Å²) in [5.74, 6) is 0. The molecule has 6 aromatic carbocycles. The van der Waals surface area contributed by atoms with Gasteiger partial charge in [-0.2, -0.15) is 10.5 Å². The topological polar surface area (TPSA) is 57.4 Å². The minimum absolute atomic E-state index is 0.647. The van der Waals surface area contributed by atoms with Crippen LogP contribution in [0.1, 0.15) is 11.1 Å². The van der Waals surface area contributed by atoms with Crippen molar-refractivity contribution in [2.24, 2.45) is 0 Å². The van der Waals surface area contributed by atoms with Crippen molar-refractivity contribution in [3.63, 3.8) is 0 Å². The highest BCUT2D eigenvalue weighted by atomic mass is 15.0. The largest absolute Gasteiger partial charge is 0.309 e. The lowest BCUT2D eigenvalue weighted by Crippen LogP contribution is -1.94. The Morgan fingerprint density at radius 3 is 1.60 bits per heavy atom. The number of hydrogen-bond donors (Lipinski definition) is 0. The number of fused-ring (bicyclic) bond motifs is 6. The van der Waals surface area contributed by atoms with Crippen LogP contribution in [0.5, 0.6) is 0 Å². The molecular weight excluding hydrogens is 512 g/mol. The Kier molecular flexibility index (Phi) is 5.22. The van der Waals surface area contributed by atoms with Crippen LogP contribution in [0.4, 0.5) is 0 Å². The molecule has 0 saturated carbocycles. The third-order valence-corrected chi connectivity index (χ3v) is 8.19. The summed E-state index contributed by atoms with van der Waals surface area (Å²) in [6.45, 7) is 0. The van der Waals surface area contributed by atoms with Gasteiger partial charge in [0, 0.05) is 32.9 Å². The van der Waals surface area contributed by atoms with Crippen molar-refractivity contribution in [2.45, 2.75) is 0 Å². The molecular formula is C38H22N4. The molecule has 0 aliphatic rings. The third kappa shape index (κ3) is 3.47. The standard InChI is InChI=1S/C38H22N4/c39-23-25-12-17-28(18-13-25)41-34-9-3-1-6-31(34)33-22-27(16-21-36(33)41)30-8-5-11-37-38(30)32-7-2-4-10-35(32)42(37)29-19-14-26(24-40)15-20-29/h1-22H. The van der Waals surface area contributed by atoms with Crippen LogP contribution in [0.25, 0.3) is 66.1 Å². The lowest BCUT2D eigenvalue weighted by molar-refractivity contribution is 1.18. The van der Waals surface area contributed by atoms with Gasteiger partial charge in [-0.3, -0.25) is 0 Å². The van der Waals surface area contributed by atoms with E-state index in [2.05, 4.69) is 106 Å². The second-order valence-electron chi connectivity index (χ2n) is 10.5. The molecule has 42 heavy (non-hydrogen) atoms. The quantitative estimate of drug-likeness (QED) is 0.227. The predicted octanol–water partition coefficient (Wildman–Crippen LogP) is 9.29. The van der Waals surface area contributed by atoms with Gasteiger partial charge in [0.15, 0.2) is 0 Å². The number of hydrogen-bond acceptors (Lipinski definition) is 2. The fraction of sp³-hybridized carbons (Fsp3) is 0. The van der Waals surface area contributed by atoms with Crippen molar-refractivity contribution in [1.29, 1.82) is 10.5 Å². The maximum absolute atomic E-state index is 9.32. The van der Waals surface area contributed by atoms with Crippen LogP contribution in [0, 0.1) is 22.7 Å². The molecule has 0 aliphatic heterocycles. The highest BCUT2D eigenvalue weighted by Gasteiger charge is 2.18. The summed E-state index contributed by atoms with van der Waals surface area (Å²) in [6, 6.07) is 50.2. The Labute approximate surface area is 242 Å². The average molecular weight is 535 g/mol. The van der Waals surface area contributed by atoms with Crippen molar-refractivity contribution < 1.29 is 0 Å². The smallest absolute Gasteiger partial charge is 0.0991 e. The summed E-state index contributed by atoms with van der Waals surface area (Å²) >= 11 is 0. The number of nitriles is 2. The summed E-state index contributed by atoms with van der Waals surface area (Å²) < 4.78 is 4.55. The molecule has 0 bridgehead atoms. The Balaban J connectivity index is 1.39. The van der Waals surface area contributed by atoms with Gasteiger partial charge in [-0.15, -0.1) is 0 Å². The van der Waals surface area contributed by atoms with Gasteiger partial charge in [-0.1, -0.05) is 54.6 Å². The van der Waals surface area contributed by atoms with E-state index in [1.54, 1.807) is 0 Å². The molecule has 8 rings (SSSR count). The van der Waals surface area contributed by atoms with E-state index in [1.165, 1.54) is 27.1 Å². The molecule has 8 aromatic rings.